The average molecular weight is 234 g/mol. The molecule has 17 heavy (non-hydrogen) atoms. The first-order valence-corrected chi connectivity index (χ1v) is 4.95. The Bertz CT molecular complexity index is 654. The second kappa shape index (κ2) is 3.93. The maximum atomic E-state index is 11.3. The second-order valence-electron chi connectivity index (χ2n) is 3.80. The van der Waals surface area contributed by atoms with Gasteiger partial charge in [0.15, 0.2) is 0 Å². The topological polar surface area (TPSA) is 87.7 Å². The van der Waals surface area contributed by atoms with E-state index in [1.165, 1.54) is 12.1 Å². The zero-order valence-corrected chi connectivity index (χ0v) is 9.06. The molecule has 0 aliphatic carbocycles. The fraction of sp³-hybridized carbons (Fsp3) is 0.167. The van der Waals surface area contributed by atoms with E-state index in [0.717, 1.165) is 6.07 Å². The molecular formula is C12H10O5. The van der Waals surface area contributed by atoms with E-state index >= 15 is 0 Å². The summed E-state index contributed by atoms with van der Waals surface area (Å²) in [5.41, 5.74) is 0.579. The molecule has 0 aliphatic heterocycles. The van der Waals surface area contributed by atoms with Crippen molar-refractivity contribution < 1.29 is 19.4 Å². The highest BCUT2D eigenvalue weighted by molar-refractivity contribution is 5.86. The number of phenols is 1. The molecule has 2 N–H and O–H groups in total. The van der Waals surface area contributed by atoms with Gasteiger partial charge in [0.25, 0.3) is 0 Å². The molecule has 1 aromatic heterocycles. The molecule has 0 atom stereocenters. The van der Waals surface area contributed by atoms with Crippen LogP contribution in [-0.4, -0.2) is 16.2 Å². The predicted molar refractivity (Wildman–Crippen MR) is 60.2 cm³/mol. The van der Waals surface area contributed by atoms with Crippen LogP contribution in [0.2, 0.25) is 0 Å². The molecule has 1 aromatic carbocycles. The Kier molecular flexibility index (Phi) is 2.59. The first kappa shape index (κ1) is 11.2. The minimum absolute atomic E-state index is 0.0398. The van der Waals surface area contributed by atoms with Crippen LogP contribution in [0.5, 0.6) is 5.75 Å². The summed E-state index contributed by atoms with van der Waals surface area (Å²) < 4.78 is 4.96. The minimum Gasteiger partial charge on any atom is -0.508 e. The number of aromatic hydroxyl groups is 1. The third-order valence-corrected chi connectivity index (χ3v) is 2.49. The number of carboxylic acids is 1. The van der Waals surface area contributed by atoms with Crippen molar-refractivity contribution in [2.24, 2.45) is 0 Å². The third kappa shape index (κ3) is 2.13. The van der Waals surface area contributed by atoms with Crippen LogP contribution >= 0.6 is 0 Å². The summed E-state index contributed by atoms with van der Waals surface area (Å²) in [4.78, 5) is 21.9. The predicted octanol–water partition coefficient (Wildman–Crippen LogP) is 1.43. The Morgan fingerprint density at radius 1 is 1.35 bits per heavy atom. The molecule has 0 saturated heterocycles. The number of aliphatic carboxylic acids is 1. The number of benzene rings is 1. The first-order chi connectivity index (χ1) is 7.97. The van der Waals surface area contributed by atoms with Crippen LogP contribution in [0.4, 0.5) is 0 Å². The van der Waals surface area contributed by atoms with Crippen molar-refractivity contribution in [1.29, 1.82) is 0 Å². The molecule has 0 saturated carbocycles. The molecule has 0 spiro atoms. The lowest BCUT2D eigenvalue weighted by atomic mass is 10.1. The Morgan fingerprint density at radius 2 is 2.06 bits per heavy atom. The van der Waals surface area contributed by atoms with Gasteiger partial charge >= 0.3 is 11.6 Å². The summed E-state index contributed by atoms with van der Waals surface area (Å²) in [7, 11) is 0. The van der Waals surface area contributed by atoms with Gasteiger partial charge < -0.3 is 14.6 Å². The van der Waals surface area contributed by atoms with Crippen LogP contribution in [0.15, 0.2) is 27.4 Å². The van der Waals surface area contributed by atoms with Crippen LogP contribution < -0.4 is 5.63 Å². The quantitative estimate of drug-likeness (QED) is 0.767. The van der Waals surface area contributed by atoms with Crippen LogP contribution in [-0.2, 0) is 11.2 Å². The lowest BCUT2D eigenvalue weighted by Crippen LogP contribution is -2.06. The summed E-state index contributed by atoms with van der Waals surface area (Å²) >= 11 is 0. The van der Waals surface area contributed by atoms with Crippen LogP contribution in [0.25, 0.3) is 11.0 Å². The Hall–Kier alpha value is -2.30. The SMILES string of the molecule is Cc1cc2oc(=O)cc(CC(=O)O)c2cc1O. The van der Waals surface area contributed by atoms with E-state index < -0.39 is 11.6 Å². The van der Waals surface area contributed by atoms with Gasteiger partial charge in [-0.1, -0.05) is 0 Å². The standard InChI is InChI=1S/C12H10O5/c1-6-2-10-8(5-9(6)13)7(3-11(14)15)4-12(16)17-10/h2,4-5,13H,3H2,1H3,(H,14,15). The number of carbonyl (C=O) groups is 1. The lowest BCUT2D eigenvalue weighted by Gasteiger charge is -2.05. The average Bonchev–Trinajstić information content (AvgIpc) is 2.20. The van der Waals surface area contributed by atoms with Gasteiger partial charge in [-0.05, 0) is 30.2 Å². The molecule has 2 rings (SSSR count). The van der Waals surface area contributed by atoms with Gasteiger partial charge in [0.2, 0.25) is 0 Å². The number of phenolic OH excluding ortho intramolecular Hbond substituents is 1. The highest BCUT2D eigenvalue weighted by atomic mass is 16.4. The molecular weight excluding hydrogens is 224 g/mol. The summed E-state index contributed by atoms with van der Waals surface area (Å²) in [6.07, 6.45) is -0.287. The number of aryl methyl sites for hydroxylation is 1. The molecule has 0 unspecified atom stereocenters. The van der Waals surface area contributed by atoms with E-state index in [-0.39, 0.29) is 17.8 Å². The zero-order chi connectivity index (χ0) is 12.6. The zero-order valence-electron chi connectivity index (χ0n) is 9.06. The van der Waals surface area contributed by atoms with Crippen LogP contribution in [0.1, 0.15) is 11.1 Å². The first-order valence-electron chi connectivity index (χ1n) is 4.95. The van der Waals surface area contributed by atoms with Gasteiger partial charge in [-0.2, -0.15) is 0 Å². The van der Waals surface area contributed by atoms with Gasteiger partial charge in [0.05, 0.1) is 6.42 Å². The van der Waals surface area contributed by atoms with E-state index in [2.05, 4.69) is 0 Å². The summed E-state index contributed by atoms with van der Waals surface area (Å²) in [5.74, 6) is -1.00. The van der Waals surface area contributed by atoms with Crippen molar-refractivity contribution in [3.05, 3.63) is 39.7 Å². The fourth-order valence-electron chi connectivity index (χ4n) is 1.67. The molecule has 0 bridgehead atoms. The van der Waals surface area contributed by atoms with Gasteiger partial charge in [0.1, 0.15) is 11.3 Å². The van der Waals surface area contributed by atoms with E-state index in [1.54, 1.807) is 6.92 Å². The van der Waals surface area contributed by atoms with E-state index in [0.29, 0.717) is 16.5 Å². The maximum Gasteiger partial charge on any atom is 0.336 e. The highest BCUT2D eigenvalue weighted by Crippen LogP contribution is 2.26. The summed E-state index contributed by atoms with van der Waals surface area (Å²) in [6.45, 7) is 1.67. The summed E-state index contributed by atoms with van der Waals surface area (Å²) in [6, 6.07) is 4.05. The second-order valence-corrected chi connectivity index (χ2v) is 3.80. The molecule has 0 radical (unpaired) electrons. The smallest absolute Gasteiger partial charge is 0.336 e. The Labute approximate surface area is 95.9 Å². The van der Waals surface area contributed by atoms with Crippen molar-refractivity contribution in [2.75, 3.05) is 0 Å². The molecule has 0 aliphatic rings. The molecule has 2 aromatic rings. The number of fused-ring (bicyclic) bond motifs is 1. The van der Waals surface area contributed by atoms with Crippen molar-refractivity contribution in [2.45, 2.75) is 13.3 Å². The van der Waals surface area contributed by atoms with Crippen molar-refractivity contribution >= 4 is 16.9 Å². The molecule has 5 heteroatoms. The number of hydrogen-bond donors (Lipinski definition) is 2. The Balaban J connectivity index is 2.78. The molecule has 1 heterocycles. The number of carboxylic acid groups (broad SMARTS) is 1. The molecule has 0 fully saturated rings. The number of rotatable bonds is 2. The summed E-state index contributed by atoms with van der Waals surface area (Å²) in [5, 5.41) is 18.8. The monoisotopic (exact) mass is 234 g/mol. The highest BCUT2D eigenvalue weighted by Gasteiger charge is 2.11. The van der Waals surface area contributed by atoms with Gasteiger partial charge in [0, 0.05) is 11.5 Å². The van der Waals surface area contributed by atoms with Crippen molar-refractivity contribution in [3.8, 4) is 5.75 Å². The van der Waals surface area contributed by atoms with Crippen molar-refractivity contribution in [3.63, 3.8) is 0 Å². The fourth-order valence-corrected chi connectivity index (χ4v) is 1.67. The third-order valence-electron chi connectivity index (χ3n) is 2.49. The van der Waals surface area contributed by atoms with Crippen molar-refractivity contribution in [1.82, 2.24) is 0 Å². The lowest BCUT2D eigenvalue weighted by molar-refractivity contribution is -0.136. The van der Waals surface area contributed by atoms with Crippen LogP contribution in [0, 0.1) is 6.92 Å². The van der Waals surface area contributed by atoms with Gasteiger partial charge in [-0.3, -0.25) is 4.79 Å². The molecule has 88 valence electrons. The van der Waals surface area contributed by atoms with E-state index in [4.69, 9.17) is 9.52 Å². The van der Waals surface area contributed by atoms with Crippen LogP contribution in [0.3, 0.4) is 0 Å². The molecule has 5 nitrogen and oxygen atoms in total. The Morgan fingerprint density at radius 3 is 2.71 bits per heavy atom. The van der Waals surface area contributed by atoms with Gasteiger partial charge in [-0.25, -0.2) is 4.79 Å². The number of hydrogen-bond acceptors (Lipinski definition) is 4. The largest absolute Gasteiger partial charge is 0.508 e. The van der Waals surface area contributed by atoms with E-state index in [1.807, 2.05) is 0 Å². The minimum atomic E-state index is -1.04. The molecule has 0 amide bonds. The maximum absolute atomic E-state index is 11.3. The van der Waals surface area contributed by atoms with E-state index in [9.17, 15) is 14.7 Å². The van der Waals surface area contributed by atoms with Gasteiger partial charge in [-0.15, -0.1) is 0 Å². The normalized spacial score (nSPS) is 10.6.